The van der Waals surface area contributed by atoms with Gasteiger partial charge in [-0.3, -0.25) is 10.2 Å². The van der Waals surface area contributed by atoms with Gasteiger partial charge in [-0.2, -0.15) is 5.10 Å². The number of hydrogen-bond acceptors (Lipinski definition) is 3. The van der Waals surface area contributed by atoms with Crippen molar-refractivity contribution >= 4 is 35.5 Å². The number of nitrogens with zero attached hydrogens (tertiary/aromatic N) is 1. The number of benzene rings is 1. The van der Waals surface area contributed by atoms with E-state index >= 15 is 0 Å². The van der Waals surface area contributed by atoms with E-state index in [0.29, 0.717) is 11.4 Å². The van der Waals surface area contributed by atoms with E-state index in [1.54, 1.807) is 0 Å². The molecule has 0 aromatic heterocycles. The standard InChI is InChI=1S/C9H9N3OS/c13-7-6-10-12-9(14)11-8-4-2-1-3-5-8/h1-7H,(H2,11,12,14). The molecule has 1 aromatic rings. The van der Waals surface area contributed by atoms with Crippen LogP contribution in [0.4, 0.5) is 5.69 Å². The summed E-state index contributed by atoms with van der Waals surface area (Å²) in [4.78, 5) is 9.89. The fraction of sp³-hybridized carbons (Fsp3) is 0. The quantitative estimate of drug-likeness (QED) is 0.338. The van der Waals surface area contributed by atoms with Crippen molar-refractivity contribution in [2.24, 2.45) is 5.10 Å². The number of nitrogens with one attached hydrogen (secondary N) is 2. The Bertz CT molecular complexity index is 337. The van der Waals surface area contributed by atoms with Gasteiger partial charge in [-0.15, -0.1) is 0 Å². The maximum absolute atomic E-state index is 9.89. The highest BCUT2D eigenvalue weighted by Gasteiger charge is 1.92. The van der Waals surface area contributed by atoms with Gasteiger partial charge in [0, 0.05) is 5.69 Å². The van der Waals surface area contributed by atoms with Gasteiger partial charge in [0.2, 0.25) is 0 Å². The Labute approximate surface area is 87.0 Å². The highest BCUT2D eigenvalue weighted by Crippen LogP contribution is 2.03. The number of carbonyl (C=O) groups excluding carboxylic acids is 1. The molecule has 0 unspecified atom stereocenters. The van der Waals surface area contributed by atoms with Crippen molar-refractivity contribution in [1.82, 2.24) is 5.43 Å². The summed E-state index contributed by atoms with van der Waals surface area (Å²) in [6.45, 7) is 0. The summed E-state index contributed by atoms with van der Waals surface area (Å²) in [5, 5.41) is 6.77. The second kappa shape index (κ2) is 5.82. The predicted octanol–water partition coefficient (Wildman–Crippen LogP) is 1.16. The minimum atomic E-state index is 0.342. The maximum atomic E-state index is 9.89. The molecule has 0 aliphatic carbocycles. The van der Waals surface area contributed by atoms with Crippen LogP contribution in [0.5, 0.6) is 0 Å². The van der Waals surface area contributed by atoms with Crippen LogP contribution in [0.2, 0.25) is 0 Å². The topological polar surface area (TPSA) is 53.5 Å². The van der Waals surface area contributed by atoms with Crippen molar-refractivity contribution < 1.29 is 4.79 Å². The van der Waals surface area contributed by atoms with Gasteiger partial charge in [0.05, 0.1) is 6.21 Å². The lowest BCUT2D eigenvalue weighted by Gasteiger charge is -2.05. The molecule has 0 amide bonds. The van der Waals surface area contributed by atoms with Gasteiger partial charge in [0.1, 0.15) is 0 Å². The third-order valence-corrected chi connectivity index (χ3v) is 1.53. The Kier molecular flexibility index (Phi) is 4.30. The number of carbonyl (C=O) groups is 1. The van der Waals surface area contributed by atoms with Gasteiger partial charge in [-0.25, -0.2) is 0 Å². The zero-order chi connectivity index (χ0) is 10.2. The normalized spacial score (nSPS) is 9.71. The van der Waals surface area contributed by atoms with Crippen molar-refractivity contribution in [2.45, 2.75) is 0 Å². The van der Waals surface area contributed by atoms with Crippen LogP contribution in [0.25, 0.3) is 0 Å². The summed E-state index contributed by atoms with van der Waals surface area (Å²) >= 11 is 4.90. The Morgan fingerprint density at radius 1 is 1.36 bits per heavy atom. The zero-order valence-electron chi connectivity index (χ0n) is 7.31. The average Bonchev–Trinajstić information content (AvgIpc) is 2.20. The van der Waals surface area contributed by atoms with Crippen LogP contribution in [-0.4, -0.2) is 17.6 Å². The fourth-order valence-electron chi connectivity index (χ4n) is 0.807. The number of hydrogen-bond donors (Lipinski definition) is 2. The summed E-state index contributed by atoms with van der Waals surface area (Å²) < 4.78 is 0. The molecule has 0 radical (unpaired) electrons. The second-order valence-electron chi connectivity index (χ2n) is 2.35. The van der Waals surface area contributed by atoms with E-state index in [-0.39, 0.29) is 0 Å². The monoisotopic (exact) mass is 207 g/mol. The molecule has 0 aliphatic heterocycles. The van der Waals surface area contributed by atoms with E-state index in [1.807, 2.05) is 30.3 Å². The highest BCUT2D eigenvalue weighted by atomic mass is 32.1. The molecule has 1 rings (SSSR count). The third-order valence-electron chi connectivity index (χ3n) is 1.33. The van der Waals surface area contributed by atoms with Gasteiger partial charge in [-0.1, -0.05) is 18.2 Å². The van der Waals surface area contributed by atoms with Crippen LogP contribution in [0.1, 0.15) is 0 Å². The fourth-order valence-corrected chi connectivity index (χ4v) is 0.977. The SMILES string of the molecule is O=CC=NNC(=S)Nc1ccccc1. The minimum absolute atomic E-state index is 0.342. The van der Waals surface area contributed by atoms with Gasteiger partial charge < -0.3 is 5.32 Å². The Hall–Kier alpha value is -1.75. The first kappa shape index (κ1) is 10.3. The lowest BCUT2D eigenvalue weighted by molar-refractivity contribution is -0.102. The maximum Gasteiger partial charge on any atom is 0.191 e. The smallest absolute Gasteiger partial charge is 0.191 e. The first-order valence-corrected chi connectivity index (χ1v) is 4.32. The van der Waals surface area contributed by atoms with Crippen LogP contribution >= 0.6 is 12.2 Å². The lowest BCUT2D eigenvalue weighted by atomic mass is 10.3. The van der Waals surface area contributed by atoms with Gasteiger partial charge in [-0.05, 0) is 24.4 Å². The molecule has 0 fully saturated rings. The minimum Gasteiger partial charge on any atom is -0.331 e. The predicted molar refractivity (Wildman–Crippen MR) is 60.4 cm³/mol. The summed E-state index contributed by atoms with van der Waals surface area (Å²) in [5.74, 6) is 0. The lowest BCUT2D eigenvalue weighted by Crippen LogP contribution is -2.23. The number of hydrazone groups is 1. The summed E-state index contributed by atoms with van der Waals surface area (Å²) in [7, 11) is 0. The Balaban J connectivity index is 2.42. The zero-order valence-corrected chi connectivity index (χ0v) is 8.12. The van der Waals surface area contributed by atoms with Gasteiger partial charge in [0.25, 0.3) is 0 Å². The number of rotatable bonds is 3. The van der Waals surface area contributed by atoms with Crippen LogP contribution in [0.15, 0.2) is 35.4 Å². The summed E-state index contributed by atoms with van der Waals surface area (Å²) in [6.07, 6.45) is 1.65. The third kappa shape index (κ3) is 3.77. The van der Waals surface area contributed by atoms with Crippen molar-refractivity contribution in [3.63, 3.8) is 0 Å². The molecule has 4 nitrogen and oxygen atoms in total. The number of para-hydroxylation sites is 1. The molecular weight excluding hydrogens is 198 g/mol. The van der Waals surface area contributed by atoms with Gasteiger partial charge in [0.15, 0.2) is 11.4 Å². The van der Waals surface area contributed by atoms with E-state index in [9.17, 15) is 4.79 Å². The van der Waals surface area contributed by atoms with Crippen molar-refractivity contribution in [2.75, 3.05) is 5.32 Å². The largest absolute Gasteiger partial charge is 0.331 e. The van der Waals surface area contributed by atoms with E-state index < -0.39 is 0 Å². The molecule has 1 aromatic carbocycles. The molecule has 0 atom stereocenters. The Morgan fingerprint density at radius 2 is 2.07 bits per heavy atom. The molecule has 14 heavy (non-hydrogen) atoms. The molecule has 0 saturated heterocycles. The number of anilines is 1. The van der Waals surface area contributed by atoms with Crippen LogP contribution in [0, 0.1) is 0 Å². The highest BCUT2D eigenvalue weighted by molar-refractivity contribution is 7.80. The molecular formula is C9H9N3OS. The van der Waals surface area contributed by atoms with Crippen molar-refractivity contribution in [3.8, 4) is 0 Å². The van der Waals surface area contributed by atoms with Crippen LogP contribution in [-0.2, 0) is 4.79 Å². The summed E-state index contributed by atoms with van der Waals surface area (Å²) in [5.41, 5.74) is 3.36. The van der Waals surface area contributed by atoms with Crippen LogP contribution in [0.3, 0.4) is 0 Å². The summed E-state index contributed by atoms with van der Waals surface area (Å²) in [6, 6.07) is 9.43. The van der Waals surface area contributed by atoms with E-state index in [0.717, 1.165) is 11.9 Å². The van der Waals surface area contributed by atoms with Crippen molar-refractivity contribution in [3.05, 3.63) is 30.3 Å². The molecule has 0 bridgehead atoms. The first-order chi connectivity index (χ1) is 6.83. The molecule has 72 valence electrons. The molecule has 0 spiro atoms. The second-order valence-corrected chi connectivity index (χ2v) is 2.75. The molecule has 0 aliphatic rings. The molecule has 5 heteroatoms. The Morgan fingerprint density at radius 3 is 2.71 bits per heavy atom. The van der Waals surface area contributed by atoms with E-state index in [4.69, 9.17) is 12.2 Å². The number of thiocarbonyl (C=S) groups is 1. The van der Waals surface area contributed by atoms with Gasteiger partial charge >= 0.3 is 0 Å². The number of aldehydes is 1. The average molecular weight is 207 g/mol. The molecule has 0 heterocycles. The van der Waals surface area contributed by atoms with E-state index in [2.05, 4.69) is 15.8 Å². The molecule has 0 saturated carbocycles. The molecule has 2 N–H and O–H groups in total. The van der Waals surface area contributed by atoms with Crippen molar-refractivity contribution in [1.29, 1.82) is 0 Å². The first-order valence-electron chi connectivity index (χ1n) is 3.92. The van der Waals surface area contributed by atoms with Crippen LogP contribution < -0.4 is 10.7 Å². The van der Waals surface area contributed by atoms with E-state index in [1.165, 1.54) is 0 Å².